The highest BCUT2D eigenvalue weighted by atomic mass is 16.5. The van der Waals surface area contributed by atoms with Crippen molar-refractivity contribution >= 4 is 17.6 Å². The summed E-state index contributed by atoms with van der Waals surface area (Å²) in [7, 11) is 0. The molecule has 1 aromatic carbocycles. The van der Waals surface area contributed by atoms with E-state index in [1.165, 1.54) is 24.5 Å². The SMILES string of the molecule is CCOC(=O)C(=Cc1cc[n+]([O-])cc1)c1ccc(O)cc1. The average molecular weight is 285 g/mol. The van der Waals surface area contributed by atoms with Gasteiger partial charge in [-0.1, -0.05) is 12.1 Å². The molecule has 0 aliphatic rings. The van der Waals surface area contributed by atoms with Gasteiger partial charge in [0.05, 0.1) is 12.2 Å². The number of benzene rings is 1. The average Bonchev–Trinajstić information content (AvgIpc) is 2.48. The molecular formula is C16H15NO4. The molecule has 1 aromatic heterocycles. The van der Waals surface area contributed by atoms with Crippen molar-refractivity contribution in [3.63, 3.8) is 0 Å². The van der Waals surface area contributed by atoms with Gasteiger partial charge in [-0.05, 0) is 36.3 Å². The van der Waals surface area contributed by atoms with Crippen molar-refractivity contribution < 1.29 is 19.4 Å². The number of carbonyl (C=O) groups is 1. The zero-order chi connectivity index (χ0) is 15.2. The monoisotopic (exact) mass is 285 g/mol. The number of nitrogens with zero attached hydrogens (tertiary/aromatic N) is 1. The van der Waals surface area contributed by atoms with Crippen LogP contribution < -0.4 is 4.73 Å². The van der Waals surface area contributed by atoms with E-state index < -0.39 is 5.97 Å². The Bertz CT molecular complexity index is 645. The van der Waals surface area contributed by atoms with Crippen molar-refractivity contribution in [1.29, 1.82) is 0 Å². The maximum atomic E-state index is 12.1. The largest absolute Gasteiger partial charge is 0.619 e. The van der Waals surface area contributed by atoms with E-state index in [4.69, 9.17) is 4.74 Å². The van der Waals surface area contributed by atoms with Crippen LogP contribution in [0.3, 0.4) is 0 Å². The van der Waals surface area contributed by atoms with Crippen LogP contribution in [0.5, 0.6) is 5.75 Å². The Morgan fingerprint density at radius 3 is 2.43 bits per heavy atom. The number of aromatic nitrogens is 1. The number of hydrogen-bond acceptors (Lipinski definition) is 4. The standard InChI is InChI=1S/C16H15NO4/c1-2-21-16(19)15(13-3-5-14(18)6-4-13)11-12-7-9-17(20)10-8-12/h3-11,18H,2H2,1H3. The van der Waals surface area contributed by atoms with Crippen LogP contribution in [0.1, 0.15) is 18.1 Å². The van der Waals surface area contributed by atoms with E-state index in [0.29, 0.717) is 21.4 Å². The number of esters is 1. The van der Waals surface area contributed by atoms with Gasteiger partial charge in [0.2, 0.25) is 0 Å². The van der Waals surface area contributed by atoms with Crippen LogP contribution in [0.4, 0.5) is 0 Å². The molecule has 0 amide bonds. The lowest BCUT2D eigenvalue weighted by Crippen LogP contribution is -2.23. The van der Waals surface area contributed by atoms with Crippen molar-refractivity contribution in [2.75, 3.05) is 6.61 Å². The number of rotatable bonds is 4. The highest BCUT2D eigenvalue weighted by molar-refractivity contribution is 6.21. The van der Waals surface area contributed by atoms with Gasteiger partial charge in [0.1, 0.15) is 5.75 Å². The molecular weight excluding hydrogens is 270 g/mol. The molecule has 5 nitrogen and oxygen atoms in total. The zero-order valence-corrected chi connectivity index (χ0v) is 11.5. The fourth-order valence-corrected chi connectivity index (χ4v) is 1.80. The van der Waals surface area contributed by atoms with E-state index in [1.807, 2.05) is 0 Å². The molecule has 0 bridgehead atoms. The number of ether oxygens (including phenoxy) is 1. The molecule has 5 heteroatoms. The van der Waals surface area contributed by atoms with Crippen molar-refractivity contribution in [3.05, 3.63) is 65.1 Å². The van der Waals surface area contributed by atoms with Crippen LogP contribution >= 0.6 is 0 Å². The summed E-state index contributed by atoms with van der Waals surface area (Å²) >= 11 is 0. The van der Waals surface area contributed by atoms with Crippen molar-refractivity contribution in [1.82, 2.24) is 0 Å². The number of pyridine rings is 1. The molecule has 108 valence electrons. The van der Waals surface area contributed by atoms with Crippen LogP contribution in [0.25, 0.3) is 11.6 Å². The molecule has 0 atom stereocenters. The summed E-state index contributed by atoms with van der Waals surface area (Å²) < 4.78 is 5.72. The van der Waals surface area contributed by atoms with Crippen molar-refractivity contribution in [2.24, 2.45) is 0 Å². The quantitative estimate of drug-likeness (QED) is 0.404. The molecule has 0 saturated heterocycles. The molecule has 0 aliphatic heterocycles. The first-order valence-electron chi connectivity index (χ1n) is 6.47. The Hall–Kier alpha value is -2.82. The van der Waals surface area contributed by atoms with E-state index in [2.05, 4.69) is 0 Å². The zero-order valence-electron chi connectivity index (χ0n) is 11.5. The summed E-state index contributed by atoms with van der Waals surface area (Å²) in [4.78, 5) is 12.1. The lowest BCUT2D eigenvalue weighted by Gasteiger charge is -2.08. The van der Waals surface area contributed by atoms with Gasteiger partial charge in [-0.15, -0.1) is 0 Å². The third-order valence-corrected chi connectivity index (χ3v) is 2.81. The Balaban J connectivity index is 2.42. The van der Waals surface area contributed by atoms with Gasteiger partial charge in [0.25, 0.3) is 0 Å². The number of phenolic OH excluding ortho intramolecular Hbond substituents is 1. The van der Waals surface area contributed by atoms with Crippen LogP contribution in [0.2, 0.25) is 0 Å². The van der Waals surface area contributed by atoms with Crippen LogP contribution in [0.15, 0.2) is 48.8 Å². The summed E-state index contributed by atoms with van der Waals surface area (Å²) in [5.74, 6) is -0.337. The van der Waals surface area contributed by atoms with E-state index in [0.717, 1.165) is 0 Å². The number of aromatic hydroxyl groups is 1. The first-order valence-corrected chi connectivity index (χ1v) is 6.47. The molecule has 1 heterocycles. The van der Waals surface area contributed by atoms with Crippen LogP contribution in [-0.2, 0) is 9.53 Å². The lowest BCUT2D eigenvalue weighted by molar-refractivity contribution is -0.605. The fraction of sp³-hybridized carbons (Fsp3) is 0.125. The van der Waals surface area contributed by atoms with Gasteiger partial charge >= 0.3 is 5.97 Å². The van der Waals surface area contributed by atoms with Gasteiger partial charge in [0, 0.05) is 12.1 Å². The summed E-state index contributed by atoms with van der Waals surface area (Å²) in [6, 6.07) is 9.47. The molecule has 0 aliphatic carbocycles. The minimum atomic E-state index is -0.456. The number of hydrogen-bond donors (Lipinski definition) is 1. The predicted octanol–water partition coefficient (Wildman–Crippen LogP) is 2.13. The highest BCUT2D eigenvalue weighted by Crippen LogP contribution is 2.22. The molecule has 0 unspecified atom stereocenters. The van der Waals surface area contributed by atoms with Gasteiger partial charge in [0.15, 0.2) is 12.4 Å². The van der Waals surface area contributed by atoms with Crippen molar-refractivity contribution in [3.8, 4) is 5.75 Å². The molecule has 0 radical (unpaired) electrons. The maximum Gasteiger partial charge on any atom is 0.338 e. The Kier molecular flexibility index (Phi) is 4.56. The van der Waals surface area contributed by atoms with Gasteiger partial charge < -0.3 is 15.1 Å². The van der Waals surface area contributed by atoms with Gasteiger partial charge in [-0.2, -0.15) is 4.73 Å². The predicted molar refractivity (Wildman–Crippen MR) is 78.0 cm³/mol. The molecule has 0 spiro atoms. The molecule has 1 N–H and O–H groups in total. The normalized spacial score (nSPS) is 11.2. The summed E-state index contributed by atoms with van der Waals surface area (Å²) in [6.07, 6.45) is 4.35. The van der Waals surface area contributed by atoms with E-state index >= 15 is 0 Å². The molecule has 21 heavy (non-hydrogen) atoms. The lowest BCUT2D eigenvalue weighted by atomic mass is 10.0. The molecule has 2 rings (SSSR count). The second-order valence-electron chi connectivity index (χ2n) is 4.32. The minimum absolute atomic E-state index is 0.120. The third kappa shape index (κ3) is 3.82. The third-order valence-electron chi connectivity index (χ3n) is 2.81. The van der Waals surface area contributed by atoms with Crippen molar-refractivity contribution in [2.45, 2.75) is 6.92 Å². The van der Waals surface area contributed by atoms with Crippen LogP contribution in [-0.4, -0.2) is 17.7 Å². The first-order chi connectivity index (χ1) is 10.1. The van der Waals surface area contributed by atoms with Gasteiger partial charge in [-0.3, -0.25) is 0 Å². The summed E-state index contributed by atoms with van der Waals surface area (Å²) in [5.41, 5.74) is 1.70. The highest BCUT2D eigenvalue weighted by Gasteiger charge is 2.13. The number of phenols is 1. The van der Waals surface area contributed by atoms with E-state index in [1.54, 1.807) is 37.3 Å². The Morgan fingerprint density at radius 1 is 1.24 bits per heavy atom. The molecule has 0 saturated carbocycles. The van der Waals surface area contributed by atoms with E-state index in [9.17, 15) is 15.1 Å². The smallest absolute Gasteiger partial charge is 0.338 e. The van der Waals surface area contributed by atoms with E-state index in [-0.39, 0.29) is 12.4 Å². The number of carbonyl (C=O) groups excluding carboxylic acids is 1. The second kappa shape index (κ2) is 6.56. The Labute approximate surface area is 122 Å². The van der Waals surface area contributed by atoms with Crippen LogP contribution in [0, 0.1) is 5.21 Å². The Morgan fingerprint density at radius 2 is 1.86 bits per heavy atom. The van der Waals surface area contributed by atoms with Gasteiger partial charge in [-0.25, -0.2) is 4.79 Å². The topological polar surface area (TPSA) is 73.5 Å². The first kappa shape index (κ1) is 14.6. The minimum Gasteiger partial charge on any atom is -0.619 e. The second-order valence-corrected chi connectivity index (χ2v) is 4.32. The molecule has 0 fully saturated rings. The summed E-state index contributed by atoms with van der Waals surface area (Å²) in [6.45, 7) is 2.00. The summed E-state index contributed by atoms with van der Waals surface area (Å²) in [5, 5.41) is 20.4. The fourth-order valence-electron chi connectivity index (χ4n) is 1.80. The maximum absolute atomic E-state index is 12.1. The molecule has 2 aromatic rings.